The zero-order valence-electron chi connectivity index (χ0n) is 9.38. The average Bonchev–Trinajstić information content (AvgIpc) is 2.82. The van der Waals surface area contributed by atoms with Crippen molar-refractivity contribution in [2.75, 3.05) is 7.05 Å². The van der Waals surface area contributed by atoms with Gasteiger partial charge in [0, 0.05) is 25.5 Å². The summed E-state index contributed by atoms with van der Waals surface area (Å²) in [5, 5.41) is 8.92. The SMILES string of the molecule is CN1N=C(C(=O)OCc2ccsc2)CCC1=O. The van der Waals surface area contributed by atoms with E-state index in [4.69, 9.17) is 4.74 Å². The molecule has 0 bridgehead atoms. The van der Waals surface area contributed by atoms with Gasteiger partial charge in [-0.1, -0.05) is 0 Å². The van der Waals surface area contributed by atoms with Crippen LogP contribution >= 0.6 is 11.3 Å². The number of rotatable bonds is 3. The molecule has 0 saturated heterocycles. The molecule has 0 aromatic carbocycles. The van der Waals surface area contributed by atoms with Crippen LogP contribution in [0.1, 0.15) is 18.4 Å². The van der Waals surface area contributed by atoms with Crippen LogP contribution in [0.3, 0.4) is 0 Å². The molecule has 1 aliphatic rings. The highest BCUT2D eigenvalue weighted by atomic mass is 32.1. The number of hydrogen-bond acceptors (Lipinski definition) is 5. The summed E-state index contributed by atoms with van der Waals surface area (Å²) >= 11 is 1.55. The van der Waals surface area contributed by atoms with Gasteiger partial charge in [-0.15, -0.1) is 0 Å². The first kappa shape index (κ1) is 11.8. The third-order valence-electron chi connectivity index (χ3n) is 2.39. The van der Waals surface area contributed by atoms with Crippen molar-refractivity contribution in [2.45, 2.75) is 19.4 Å². The van der Waals surface area contributed by atoms with Crippen molar-refractivity contribution in [1.29, 1.82) is 0 Å². The molecule has 2 heterocycles. The first-order valence-corrected chi connectivity index (χ1v) is 6.13. The van der Waals surface area contributed by atoms with E-state index in [1.807, 2.05) is 16.8 Å². The van der Waals surface area contributed by atoms with Gasteiger partial charge < -0.3 is 4.74 Å². The fourth-order valence-electron chi connectivity index (χ4n) is 1.42. The summed E-state index contributed by atoms with van der Waals surface area (Å²) < 4.78 is 5.11. The molecule has 1 amide bonds. The zero-order chi connectivity index (χ0) is 12.3. The summed E-state index contributed by atoms with van der Waals surface area (Å²) in [6, 6.07) is 1.90. The molecular weight excluding hydrogens is 240 g/mol. The predicted molar refractivity (Wildman–Crippen MR) is 63.6 cm³/mol. The van der Waals surface area contributed by atoms with Gasteiger partial charge in [0.1, 0.15) is 12.3 Å². The molecule has 1 aliphatic heterocycles. The molecule has 17 heavy (non-hydrogen) atoms. The molecule has 5 nitrogen and oxygen atoms in total. The van der Waals surface area contributed by atoms with Crippen LogP contribution in [0.15, 0.2) is 21.9 Å². The van der Waals surface area contributed by atoms with Gasteiger partial charge in [-0.05, 0) is 16.8 Å². The lowest BCUT2D eigenvalue weighted by atomic mass is 10.2. The summed E-state index contributed by atoms with van der Waals surface area (Å²) in [5.74, 6) is -0.532. The fourth-order valence-corrected chi connectivity index (χ4v) is 2.08. The van der Waals surface area contributed by atoms with Gasteiger partial charge in [0.25, 0.3) is 0 Å². The lowest BCUT2D eigenvalue weighted by Gasteiger charge is -2.18. The lowest BCUT2D eigenvalue weighted by molar-refractivity contribution is -0.137. The monoisotopic (exact) mass is 252 g/mol. The third kappa shape index (κ3) is 2.91. The summed E-state index contributed by atoms with van der Waals surface area (Å²) in [7, 11) is 1.54. The van der Waals surface area contributed by atoms with Crippen LogP contribution < -0.4 is 0 Å². The molecule has 0 radical (unpaired) electrons. The second-order valence-electron chi connectivity index (χ2n) is 3.67. The minimum atomic E-state index is -0.449. The Kier molecular flexibility index (Phi) is 3.53. The maximum absolute atomic E-state index is 11.7. The van der Waals surface area contributed by atoms with E-state index in [1.54, 1.807) is 11.3 Å². The molecule has 0 N–H and O–H groups in total. The normalized spacial score (nSPS) is 15.7. The van der Waals surface area contributed by atoms with Crippen LogP contribution in [0.4, 0.5) is 0 Å². The van der Waals surface area contributed by atoms with E-state index in [2.05, 4.69) is 5.10 Å². The number of carbonyl (C=O) groups is 2. The molecule has 0 spiro atoms. The van der Waals surface area contributed by atoms with Crippen molar-refractivity contribution in [1.82, 2.24) is 5.01 Å². The van der Waals surface area contributed by atoms with Crippen LogP contribution in [-0.2, 0) is 20.9 Å². The predicted octanol–water partition coefficient (Wildman–Crippen LogP) is 1.40. The molecular formula is C11H12N2O3S. The van der Waals surface area contributed by atoms with Gasteiger partial charge in [-0.3, -0.25) is 4.79 Å². The van der Waals surface area contributed by atoms with Crippen molar-refractivity contribution in [2.24, 2.45) is 5.10 Å². The molecule has 1 aromatic heterocycles. The van der Waals surface area contributed by atoms with Gasteiger partial charge in [0.05, 0.1) is 0 Å². The Morgan fingerprint density at radius 3 is 3.06 bits per heavy atom. The van der Waals surface area contributed by atoms with E-state index >= 15 is 0 Å². The highest BCUT2D eigenvalue weighted by Gasteiger charge is 2.22. The summed E-state index contributed by atoms with van der Waals surface area (Å²) in [6.07, 6.45) is 0.661. The van der Waals surface area contributed by atoms with Crippen molar-refractivity contribution in [3.05, 3.63) is 22.4 Å². The molecule has 0 aliphatic carbocycles. The Balaban J connectivity index is 1.92. The minimum Gasteiger partial charge on any atom is -0.456 e. The van der Waals surface area contributed by atoms with Crippen LogP contribution in [0, 0.1) is 0 Å². The molecule has 0 atom stereocenters. The van der Waals surface area contributed by atoms with Gasteiger partial charge in [0.15, 0.2) is 0 Å². The number of ether oxygens (including phenoxy) is 1. The number of esters is 1. The van der Waals surface area contributed by atoms with E-state index in [-0.39, 0.29) is 12.5 Å². The molecule has 0 fully saturated rings. The van der Waals surface area contributed by atoms with E-state index < -0.39 is 5.97 Å². The summed E-state index contributed by atoms with van der Waals surface area (Å²) in [6.45, 7) is 0.249. The van der Waals surface area contributed by atoms with Crippen molar-refractivity contribution in [3.63, 3.8) is 0 Å². The Labute approximate surface area is 103 Å². The van der Waals surface area contributed by atoms with Crippen molar-refractivity contribution < 1.29 is 14.3 Å². The maximum atomic E-state index is 11.7. The van der Waals surface area contributed by atoms with Gasteiger partial charge in [-0.2, -0.15) is 16.4 Å². The van der Waals surface area contributed by atoms with E-state index in [9.17, 15) is 9.59 Å². The third-order valence-corrected chi connectivity index (χ3v) is 3.13. The van der Waals surface area contributed by atoms with Gasteiger partial charge in [0.2, 0.25) is 5.91 Å². The Hall–Kier alpha value is -1.69. The van der Waals surface area contributed by atoms with Gasteiger partial charge in [-0.25, -0.2) is 9.80 Å². The van der Waals surface area contributed by atoms with E-state index in [1.165, 1.54) is 12.1 Å². The quantitative estimate of drug-likeness (QED) is 0.764. The molecule has 2 rings (SSSR count). The summed E-state index contributed by atoms with van der Waals surface area (Å²) in [5.41, 5.74) is 1.27. The fraction of sp³-hybridized carbons (Fsp3) is 0.364. The number of carbonyl (C=O) groups excluding carboxylic acids is 2. The average molecular weight is 252 g/mol. The molecule has 1 aromatic rings. The lowest BCUT2D eigenvalue weighted by Crippen LogP contribution is -2.32. The number of hydrazone groups is 1. The maximum Gasteiger partial charge on any atom is 0.354 e. The first-order chi connectivity index (χ1) is 8.16. The molecule has 6 heteroatoms. The van der Waals surface area contributed by atoms with E-state index in [0.717, 1.165) is 5.56 Å². The highest BCUT2D eigenvalue weighted by molar-refractivity contribution is 7.07. The van der Waals surface area contributed by atoms with Crippen molar-refractivity contribution in [3.8, 4) is 0 Å². The number of amides is 1. The molecule has 0 unspecified atom stereocenters. The van der Waals surface area contributed by atoms with Crippen LogP contribution in [-0.4, -0.2) is 29.6 Å². The zero-order valence-corrected chi connectivity index (χ0v) is 10.2. The van der Waals surface area contributed by atoms with Crippen LogP contribution in [0.25, 0.3) is 0 Å². The van der Waals surface area contributed by atoms with Crippen LogP contribution in [0.2, 0.25) is 0 Å². The number of hydrogen-bond donors (Lipinski definition) is 0. The smallest absolute Gasteiger partial charge is 0.354 e. The van der Waals surface area contributed by atoms with Gasteiger partial charge >= 0.3 is 5.97 Å². The summed E-state index contributed by atoms with van der Waals surface area (Å²) in [4.78, 5) is 22.8. The Morgan fingerprint density at radius 2 is 2.41 bits per heavy atom. The Morgan fingerprint density at radius 1 is 1.59 bits per heavy atom. The highest BCUT2D eigenvalue weighted by Crippen LogP contribution is 2.11. The second-order valence-corrected chi connectivity index (χ2v) is 4.45. The topological polar surface area (TPSA) is 59.0 Å². The Bertz CT molecular complexity index is 453. The minimum absolute atomic E-state index is 0.0839. The van der Waals surface area contributed by atoms with E-state index in [0.29, 0.717) is 18.6 Å². The first-order valence-electron chi connectivity index (χ1n) is 5.19. The second kappa shape index (κ2) is 5.09. The largest absolute Gasteiger partial charge is 0.456 e. The van der Waals surface area contributed by atoms with Crippen LogP contribution in [0.5, 0.6) is 0 Å². The standard InChI is InChI=1S/C11H12N2O3S/c1-13-10(14)3-2-9(12-13)11(15)16-6-8-4-5-17-7-8/h4-5,7H,2-3,6H2,1H3. The number of nitrogens with zero attached hydrogens (tertiary/aromatic N) is 2. The van der Waals surface area contributed by atoms with Crippen molar-refractivity contribution >= 4 is 28.9 Å². The molecule has 90 valence electrons. The molecule has 0 saturated carbocycles. The number of thiophene rings is 1.